The number of fused-ring (bicyclic) bond motifs is 1. The molecule has 0 fully saturated rings. The van der Waals surface area contributed by atoms with Crippen molar-refractivity contribution < 1.29 is 0 Å². The van der Waals surface area contributed by atoms with Crippen molar-refractivity contribution >= 4 is 11.6 Å². The first-order chi connectivity index (χ1) is 10.3. The zero-order valence-corrected chi connectivity index (χ0v) is 13.1. The molecule has 21 heavy (non-hydrogen) atoms. The maximum Gasteiger partial charge on any atom is 0.0759 e. The van der Waals surface area contributed by atoms with E-state index >= 15 is 0 Å². The van der Waals surface area contributed by atoms with E-state index in [1.807, 2.05) is 25.4 Å². The number of hydrogen-bond donors (Lipinski definition) is 1. The van der Waals surface area contributed by atoms with Crippen LogP contribution >= 0.6 is 11.6 Å². The third-order valence-electron chi connectivity index (χ3n) is 4.48. The number of aromatic nitrogens is 1. The summed E-state index contributed by atoms with van der Waals surface area (Å²) in [5.41, 5.74) is 3.98. The van der Waals surface area contributed by atoms with Crippen LogP contribution in [0.1, 0.15) is 48.0 Å². The number of aryl methyl sites for hydroxylation is 1. The number of halogens is 1. The van der Waals surface area contributed by atoms with Gasteiger partial charge in [0.15, 0.2) is 0 Å². The van der Waals surface area contributed by atoms with Crippen LogP contribution in [0.5, 0.6) is 0 Å². The van der Waals surface area contributed by atoms with Crippen LogP contribution in [-0.4, -0.2) is 12.0 Å². The van der Waals surface area contributed by atoms with Gasteiger partial charge in [-0.25, -0.2) is 0 Å². The second-order valence-corrected chi connectivity index (χ2v) is 6.14. The van der Waals surface area contributed by atoms with E-state index in [-0.39, 0.29) is 6.04 Å². The lowest BCUT2D eigenvalue weighted by molar-refractivity contribution is 0.434. The van der Waals surface area contributed by atoms with Crippen molar-refractivity contribution in [2.45, 2.75) is 37.6 Å². The van der Waals surface area contributed by atoms with Gasteiger partial charge in [-0.2, -0.15) is 0 Å². The number of rotatable bonds is 4. The normalized spacial score (nSPS) is 19.0. The Balaban J connectivity index is 1.84. The lowest BCUT2D eigenvalue weighted by atomic mass is 9.79. The highest BCUT2D eigenvalue weighted by atomic mass is 35.5. The van der Waals surface area contributed by atoms with Gasteiger partial charge < -0.3 is 5.32 Å². The van der Waals surface area contributed by atoms with Gasteiger partial charge in [0, 0.05) is 6.20 Å². The Labute approximate surface area is 131 Å². The molecular formula is C18H21ClN2. The molecule has 0 amide bonds. The number of pyridine rings is 1. The standard InChI is InChI=1S/C18H21ClN2/c1-20-17(18-16(19)10-5-11-21-18)12-14-8-4-7-13-6-2-3-9-15(13)14/h2-3,5-6,9-11,14,17,20H,4,7-8,12H2,1H3. The Bertz CT molecular complexity index is 612. The van der Waals surface area contributed by atoms with Gasteiger partial charge in [-0.15, -0.1) is 0 Å². The fourth-order valence-corrected chi connectivity index (χ4v) is 3.66. The maximum atomic E-state index is 6.31. The molecule has 1 aliphatic rings. The summed E-state index contributed by atoms with van der Waals surface area (Å²) in [5, 5.41) is 4.14. The average Bonchev–Trinajstić information content (AvgIpc) is 2.53. The Kier molecular flexibility index (Phi) is 4.57. The summed E-state index contributed by atoms with van der Waals surface area (Å²) in [6, 6.07) is 12.9. The summed E-state index contributed by atoms with van der Waals surface area (Å²) in [6.07, 6.45) is 6.60. The first kappa shape index (κ1) is 14.6. The first-order valence-electron chi connectivity index (χ1n) is 7.65. The van der Waals surface area contributed by atoms with E-state index in [1.54, 1.807) is 0 Å². The van der Waals surface area contributed by atoms with E-state index in [2.05, 4.69) is 34.6 Å². The van der Waals surface area contributed by atoms with Crippen LogP contribution in [0.4, 0.5) is 0 Å². The minimum Gasteiger partial charge on any atom is -0.312 e. The molecule has 0 spiro atoms. The highest BCUT2D eigenvalue weighted by molar-refractivity contribution is 6.31. The van der Waals surface area contributed by atoms with Crippen molar-refractivity contribution in [3.8, 4) is 0 Å². The van der Waals surface area contributed by atoms with Gasteiger partial charge in [0.25, 0.3) is 0 Å². The van der Waals surface area contributed by atoms with Gasteiger partial charge in [-0.1, -0.05) is 35.9 Å². The van der Waals surface area contributed by atoms with E-state index in [0.29, 0.717) is 5.92 Å². The Hall–Kier alpha value is -1.38. The molecule has 2 nitrogen and oxygen atoms in total. The van der Waals surface area contributed by atoms with Crippen LogP contribution in [0.25, 0.3) is 0 Å². The molecule has 1 N–H and O–H groups in total. The minimum atomic E-state index is 0.204. The molecule has 0 bridgehead atoms. The number of hydrogen-bond acceptors (Lipinski definition) is 2. The fraction of sp³-hybridized carbons (Fsp3) is 0.389. The Morgan fingerprint density at radius 2 is 2.14 bits per heavy atom. The highest BCUT2D eigenvalue weighted by Gasteiger charge is 2.24. The molecule has 2 atom stereocenters. The number of benzene rings is 1. The van der Waals surface area contributed by atoms with Gasteiger partial charge in [0.05, 0.1) is 16.8 Å². The highest BCUT2D eigenvalue weighted by Crippen LogP contribution is 2.38. The third kappa shape index (κ3) is 3.12. The van der Waals surface area contributed by atoms with Gasteiger partial charge in [0.2, 0.25) is 0 Å². The quantitative estimate of drug-likeness (QED) is 0.899. The summed E-state index contributed by atoms with van der Waals surface area (Å²) >= 11 is 6.31. The van der Waals surface area contributed by atoms with Crippen LogP contribution in [0, 0.1) is 0 Å². The van der Waals surface area contributed by atoms with Crippen molar-refractivity contribution in [3.05, 3.63) is 64.4 Å². The van der Waals surface area contributed by atoms with E-state index < -0.39 is 0 Å². The van der Waals surface area contributed by atoms with Crippen LogP contribution < -0.4 is 5.32 Å². The number of nitrogens with zero attached hydrogens (tertiary/aromatic N) is 1. The molecule has 2 aromatic rings. The lowest BCUT2D eigenvalue weighted by Gasteiger charge is -2.29. The van der Waals surface area contributed by atoms with Gasteiger partial charge >= 0.3 is 0 Å². The van der Waals surface area contributed by atoms with Crippen molar-refractivity contribution in [2.24, 2.45) is 0 Å². The third-order valence-corrected chi connectivity index (χ3v) is 4.80. The first-order valence-corrected chi connectivity index (χ1v) is 8.03. The van der Waals surface area contributed by atoms with Crippen molar-refractivity contribution in [1.29, 1.82) is 0 Å². The predicted octanol–water partition coefficient (Wildman–Crippen LogP) is 4.51. The van der Waals surface area contributed by atoms with Crippen LogP contribution in [-0.2, 0) is 6.42 Å². The largest absolute Gasteiger partial charge is 0.312 e. The van der Waals surface area contributed by atoms with E-state index in [1.165, 1.54) is 30.4 Å². The van der Waals surface area contributed by atoms with Crippen LogP contribution in [0.15, 0.2) is 42.6 Å². The summed E-state index contributed by atoms with van der Waals surface area (Å²) < 4.78 is 0. The monoisotopic (exact) mass is 300 g/mol. The maximum absolute atomic E-state index is 6.31. The number of nitrogens with one attached hydrogen (secondary N) is 1. The molecule has 1 aliphatic carbocycles. The molecule has 0 saturated heterocycles. The zero-order valence-electron chi connectivity index (χ0n) is 12.3. The summed E-state index contributed by atoms with van der Waals surface area (Å²) in [5.74, 6) is 0.588. The molecule has 0 aliphatic heterocycles. The van der Waals surface area contributed by atoms with Gasteiger partial charge in [0.1, 0.15) is 0 Å². The molecule has 2 unspecified atom stereocenters. The van der Waals surface area contributed by atoms with Gasteiger partial charge in [-0.05, 0) is 61.9 Å². The molecule has 1 aromatic carbocycles. The Morgan fingerprint density at radius 1 is 1.29 bits per heavy atom. The fourth-order valence-electron chi connectivity index (χ4n) is 3.40. The van der Waals surface area contributed by atoms with Crippen molar-refractivity contribution in [2.75, 3.05) is 7.05 Å². The molecule has 1 aromatic heterocycles. The van der Waals surface area contributed by atoms with Crippen LogP contribution in [0.2, 0.25) is 5.02 Å². The van der Waals surface area contributed by atoms with Crippen LogP contribution in [0.3, 0.4) is 0 Å². The second kappa shape index (κ2) is 6.59. The zero-order chi connectivity index (χ0) is 14.7. The molecule has 1 heterocycles. The van der Waals surface area contributed by atoms with Gasteiger partial charge in [-0.3, -0.25) is 4.98 Å². The van der Waals surface area contributed by atoms with Crippen molar-refractivity contribution in [1.82, 2.24) is 10.3 Å². The molecule has 0 radical (unpaired) electrons. The lowest BCUT2D eigenvalue weighted by Crippen LogP contribution is -2.22. The van der Waals surface area contributed by atoms with E-state index in [9.17, 15) is 0 Å². The smallest absolute Gasteiger partial charge is 0.0759 e. The molecule has 3 heteroatoms. The van der Waals surface area contributed by atoms with E-state index in [0.717, 1.165) is 17.1 Å². The average molecular weight is 301 g/mol. The van der Waals surface area contributed by atoms with E-state index in [4.69, 9.17) is 11.6 Å². The summed E-state index contributed by atoms with van der Waals surface area (Å²) in [6.45, 7) is 0. The molecular weight excluding hydrogens is 280 g/mol. The topological polar surface area (TPSA) is 24.9 Å². The minimum absolute atomic E-state index is 0.204. The summed E-state index contributed by atoms with van der Waals surface area (Å²) in [7, 11) is 1.99. The predicted molar refractivity (Wildman–Crippen MR) is 87.8 cm³/mol. The molecule has 3 rings (SSSR count). The Morgan fingerprint density at radius 3 is 2.95 bits per heavy atom. The summed E-state index contributed by atoms with van der Waals surface area (Å²) in [4.78, 5) is 4.48. The second-order valence-electron chi connectivity index (χ2n) is 5.74. The molecule has 0 saturated carbocycles. The SMILES string of the molecule is CNC(CC1CCCc2ccccc21)c1ncccc1Cl. The molecule has 110 valence electrons. The van der Waals surface area contributed by atoms with Crippen molar-refractivity contribution in [3.63, 3.8) is 0 Å².